The number of urea groups is 3. The van der Waals surface area contributed by atoms with Gasteiger partial charge in [0, 0.05) is 50.1 Å². The molecule has 66 heavy (non-hydrogen) atoms. The van der Waals surface area contributed by atoms with E-state index in [-0.39, 0.29) is 36.1 Å². The third-order valence-corrected chi connectivity index (χ3v) is 11.5. The molecule has 21 nitrogen and oxygen atoms in total. The summed E-state index contributed by atoms with van der Waals surface area (Å²) in [6.45, 7) is 14.1. The van der Waals surface area contributed by atoms with Crippen molar-refractivity contribution in [2.45, 2.75) is 88.5 Å². The highest BCUT2D eigenvalue weighted by atomic mass is 32.2. The SMILES string of the molecule is CCCCCCNC(=O)NCCCCNC(=O)NCCOCCOCCOCCOCCOCCOCCOCCOCCOCCOCCNC(=O)CCCC[C@@H]1SC[C@@H]2NC(=O)N[C@@H]21. The van der Waals surface area contributed by atoms with Gasteiger partial charge in [0.05, 0.1) is 144 Å². The molecule has 0 aromatic heterocycles. The Kier molecular flexibility index (Phi) is 40.2. The highest BCUT2D eigenvalue weighted by Gasteiger charge is 2.42. The number of unbranched alkanes of at least 4 members (excludes halogenated alkanes) is 5. The molecule has 3 atom stereocenters. The van der Waals surface area contributed by atoms with Gasteiger partial charge >= 0.3 is 18.1 Å². The van der Waals surface area contributed by atoms with Crippen molar-refractivity contribution in [3.8, 4) is 0 Å². The first-order valence-electron chi connectivity index (χ1n) is 24.3. The zero-order valence-electron chi connectivity index (χ0n) is 39.8. The second-order valence-corrected chi connectivity index (χ2v) is 16.7. The molecule has 0 unspecified atom stereocenters. The highest BCUT2D eigenvalue weighted by molar-refractivity contribution is 8.00. The Morgan fingerprint density at radius 1 is 0.470 bits per heavy atom. The van der Waals surface area contributed by atoms with Gasteiger partial charge in [-0.15, -0.1) is 0 Å². The van der Waals surface area contributed by atoms with E-state index >= 15 is 0 Å². The molecule has 2 rings (SSSR count). The molecule has 2 aliphatic rings. The summed E-state index contributed by atoms with van der Waals surface area (Å²) in [5.41, 5.74) is 0. The van der Waals surface area contributed by atoms with E-state index in [1.807, 2.05) is 11.8 Å². The number of fused-ring (bicyclic) bond motifs is 1. The summed E-state index contributed by atoms with van der Waals surface area (Å²) < 4.78 is 55.0. The van der Waals surface area contributed by atoms with E-state index in [1.54, 1.807) is 0 Å². The second kappa shape index (κ2) is 44.7. The molecule has 2 saturated heterocycles. The number of hydrogen-bond donors (Lipinski definition) is 7. The van der Waals surface area contributed by atoms with Crippen LogP contribution in [-0.2, 0) is 52.2 Å². The van der Waals surface area contributed by atoms with E-state index in [9.17, 15) is 19.2 Å². The van der Waals surface area contributed by atoms with Crippen molar-refractivity contribution in [1.29, 1.82) is 0 Å². The van der Waals surface area contributed by atoms with Crippen molar-refractivity contribution in [2.24, 2.45) is 0 Å². The minimum atomic E-state index is -0.239. The van der Waals surface area contributed by atoms with E-state index in [2.05, 4.69) is 44.1 Å². The number of nitrogens with one attached hydrogen (secondary N) is 7. The first kappa shape index (κ1) is 59.4. The van der Waals surface area contributed by atoms with Gasteiger partial charge in [0.1, 0.15) is 0 Å². The summed E-state index contributed by atoms with van der Waals surface area (Å²) in [5, 5.41) is 20.5. The van der Waals surface area contributed by atoms with Crippen molar-refractivity contribution in [3.05, 3.63) is 0 Å². The minimum absolute atomic E-state index is 0.0379. The fraction of sp³-hybridized carbons (Fsp3) is 0.909. The quantitative estimate of drug-likeness (QED) is 0.0341. The van der Waals surface area contributed by atoms with E-state index in [1.165, 1.54) is 12.8 Å². The summed E-state index contributed by atoms with van der Waals surface area (Å²) in [7, 11) is 0. The maximum absolute atomic E-state index is 12.1. The summed E-state index contributed by atoms with van der Waals surface area (Å²) in [4.78, 5) is 47.1. The lowest BCUT2D eigenvalue weighted by Gasteiger charge is -2.16. The van der Waals surface area contributed by atoms with Gasteiger partial charge in [-0.2, -0.15) is 11.8 Å². The monoisotopic (exact) mass is 968 g/mol. The summed E-state index contributed by atoms with van der Waals surface area (Å²) >= 11 is 1.90. The molecule has 386 valence electrons. The van der Waals surface area contributed by atoms with Gasteiger partial charge in [-0.05, 0) is 32.1 Å². The summed E-state index contributed by atoms with van der Waals surface area (Å²) in [6, 6.07) is 0.0172. The number of ether oxygens (including phenoxy) is 10. The van der Waals surface area contributed by atoms with Gasteiger partial charge in [-0.25, -0.2) is 14.4 Å². The first-order valence-corrected chi connectivity index (χ1v) is 25.3. The maximum Gasteiger partial charge on any atom is 0.315 e. The fourth-order valence-electron chi connectivity index (χ4n) is 6.48. The maximum atomic E-state index is 12.1. The Morgan fingerprint density at radius 2 is 0.848 bits per heavy atom. The standard InChI is InChI=1S/C44H85N7O14S/c1-2-3-4-7-12-46-42(53)47-13-8-9-14-48-43(54)49-16-18-57-20-22-59-24-26-61-28-30-63-32-34-65-36-35-64-33-31-62-29-27-60-25-23-58-21-19-56-17-15-45-40(52)11-6-5-10-39-41-38(37-66-39)50-44(55)51-41/h38-39,41H,2-37H2,1H3,(H,45,52)(H2,46,47,53)(H2,48,49,54)(H2,50,51,55)/t38-,39-,41-/m0/s1. The van der Waals surface area contributed by atoms with Gasteiger partial charge in [0.2, 0.25) is 5.91 Å². The Hall–Kier alpha value is -2.77. The third kappa shape index (κ3) is 36.3. The summed E-state index contributed by atoms with van der Waals surface area (Å²) in [5.74, 6) is 0.993. The molecule has 0 aliphatic carbocycles. The summed E-state index contributed by atoms with van der Waals surface area (Å²) in [6.07, 6.45) is 9.38. The van der Waals surface area contributed by atoms with Gasteiger partial charge in [-0.1, -0.05) is 32.6 Å². The van der Waals surface area contributed by atoms with Crippen molar-refractivity contribution >= 4 is 35.8 Å². The average Bonchev–Trinajstić information content (AvgIpc) is 3.87. The lowest BCUT2D eigenvalue weighted by Crippen LogP contribution is -2.38. The molecule has 7 amide bonds. The molecule has 22 heteroatoms. The molecular formula is C44H85N7O14S. The molecule has 0 radical (unpaired) electrons. The van der Waals surface area contributed by atoms with Gasteiger partial charge in [0.15, 0.2) is 0 Å². The predicted octanol–water partition coefficient (Wildman–Crippen LogP) is 1.95. The molecule has 0 bridgehead atoms. The molecule has 2 fully saturated rings. The molecule has 0 spiro atoms. The van der Waals surface area contributed by atoms with Crippen molar-refractivity contribution < 1.29 is 66.5 Å². The minimum Gasteiger partial charge on any atom is -0.377 e. The van der Waals surface area contributed by atoms with E-state index in [0.717, 1.165) is 50.7 Å². The molecular weight excluding hydrogens is 883 g/mol. The van der Waals surface area contributed by atoms with Crippen LogP contribution in [0.1, 0.15) is 71.1 Å². The molecule has 0 aromatic carbocycles. The van der Waals surface area contributed by atoms with Crippen LogP contribution in [0.4, 0.5) is 14.4 Å². The lowest BCUT2D eigenvalue weighted by atomic mass is 10.0. The molecule has 2 aliphatic heterocycles. The molecule has 0 aromatic rings. The second-order valence-electron chi connectivity index (χ2n) is 15.5. The largest absolute Gasteiger partial charge is 0.377 e. The number of carbonyl (C=O) groups is 4. The Bertz CT molecular complexity index is 1190. The molecule has 0 saturated carbocycles. The highest BCUT2D eigenvalue weighted by Crippen LogP contribution is 2.33. The number of carbonyl (C=O) groups excluding carboxylic acids is 4. The first-order chi connectivity index (χ1) is 32.5. The molecule has 2 heterocycles. The van der Waals surface area contributed by atoms with Gasteiger partial charge in [-0.3, -0.25) is 4.79 Å². The Labute approximate surface area is 397 Å². The molecule has 7 N–H and O–H groups in total. The Balaban J connectivity index is 1.14. The van der Waals surface area contributed by atoms with Crippen molar-refractivity contribution in [1.82, 2.24) is 37.2 Å². The van der Waals surface area contributed by atoms with Gasteiger partial charge < -0.3 is 84.6 Å². The van der Waals surface area contributed by atoms with Crippen LogP contribution in [0.25, 0.3) is 0 Å². The lowest BCUT2D eigenvalue weighted by molar-refractivity contribution is -0.121. The Morgan fingerprint density at radius 3 is 1.27 bits per heavy atom. The van der Waals surface area contributed by atoms with Crippen LogP contribution in [0.5, 0.6) is 0 Å². The van der Waals surface area contributed by atoms with Crippen molar-refractivity contribution in [2.75, 3.05) is 171 Å². The average molecular weight is 968 g/mol. The third-order valence-electron chi connectivity index (χ3n) is 10.0. The van der Waals surface area contributed by atoms with Crippen LogP contribution in [0.15, 0.2) is 0 Å². The van der Waals surface area contributed by atoms with Crippen LogP contribution in [0.2, 0.25) is 0 Å². The van der Waals surface area contributed by atoms with Crippen molar-refractivity contribution in [3.63, 3.8) is 0 Å². The number of thioether (sulfide) groups is 1. The predicted molar refractivity (Wildman–Crippen MR) is 251 cm³/mol. The van der Waals surface area contributed by atoms with Crippen LogP contribution in [0, 0.1) is 0 Å². The van der Waals surface area contributed by atoms with Crippen LogP contribution < -0.4 is 37.2 Å². The van der Waals surface area contributed by atoms with E-state index in [0.29, 0.717) is 177 Å². The zero-order valence-corrected chi connectivity index (χ0v) is 40.6. The zero-order chi connectivity index (χ0) is 47.2. The number of rotatable bonds is 48. The van der Waals surface area contributed by atoms with E-state index < -0.39 is 0 Å². The fourth-order valence-corrected chi connectivity index (χ4v) is 8.02. The smallest absolute Gasteiger partial charge is 0.315 e. The normalized spacial score (nSPS) is 16.4. The van der Waals surface area contributed by atoms with Crippen LogP contribution in [-0.4, -0.2) is 212 Å². The van der Waals surface area contributed by atoms with E-state index in [4.69, 9.17) is 47.4 Å². The number of hydrogen-bond acceptors (Lipinski definition) is 15. The van der Waals surface area contributed by atoms with Crippen LogP contribution >= 0.6 is 11.8 Å². The van der Waals surface area contributed by atoms with Gasteiger partial charge in [0.25, 0.3) is 0 Å². The number of amides is 7. The topological polar surface area (TPSA) is 245 Å². The van der Waals surface area contributed by atoms with Crippen LogP contribution in [0.3, 0.4) is 0 Å².